The van der Waals surface area contributed by atoms with Crippen LogP contribution in [0.4, 0.5) is 0 Å². The number of rotatable bonds is 5. The average molecular weight is 795 g/mol. The molecule has 3 nitrogen and oxygen atoms in total. The van der Waals surface area contributed by atoms with Gasteiger partial charge in [-0.05, 0) is 34.1 Å². The summed E-state index contributed by atoms with van der Waals surface area (Å²) < 4.78 is 6.35. The van der Waals surface area contributed by atoms with Crippen molar-refractivity contribution < 1.29 is 24.5 Å². The molecule has 4 aromatic carbocycles. The third kappa shape index (κ3) is 6.98. The molecule has 0 aliphatic heterocycles. The standard InChI is InChI=1S/C23H14NO.C18H24NSi.Ir/c1-2-8-16(9-3-1)17-10-6-11-18-19-12-7-13-20(23(19)25-22(17)18)21-14-4-5-15-24-21;1-13(2)16-11-17(15-9-7-14(3)8-10-15)19-12-18(16)20(4,5)6;/h1-12,14-15H;7-9,11-13H,1-6H3;/q2*-1;. The molecule has 1 radical (unpaired) electrons. The van der Waals surface area contributed by atoms with E-state index in [4.69, 9.17) is 9.40 Å². The Hall–Kier alpha value is -4.15. The van der Waals surface area contributed by atoms with Gasteiger partial charge >= 0.3 is 0 Å². The number of aromatic nitrogens is 2. The van der Waals surface area contributed by atoms with Gasteiger partial charge in [0.15, 0.2) is 0 Å². The van der Waals surface area contributed by atoms with Crippen LogP contribution >= 0.6 is 0 Å². The van der Waals surface area contributed by atoms with Crippen LogP contribution < -0.4 is 5.19 Å². The molecule has 3 aromatic heterocycles. The SMILES string of the molecule is Cc1c[c-]c(-c2cc(C(C)C)c([Si](C)(C)C)cn2)cc1.[Ir].[c-]1ccc2c(oc3c(-c4ccccc4)cccc32)c1-c1ccccn1. The minimum absolute atomic E-state index is 0. The maximum absolute atomic E-state index is 6.35. The quantitative estimate of drug-likeness (QED) is 0.129. The third-order valence-corrected chi connectivity index (χ3v) is 10.1. The van der Waals surface area contributed by atoms with Gasteiger partial charge in [-0.3, -0.25) is 0 Å². The largest absolute Gasteiger partial charge is 0.500 e. The molecule has 233 valence electrons. The molecule has 7 aromatic rings. The fourth-order valence-corrected chi connectivity index (χ4v) is 7.37. The zero-order valence-electron chi connectivity index (χ0n) is 27.2. The summed E-state index contributed by atoms with van der Waals surface area (Å²) in [4.78, 5) is 9.15. The van der Waals surface area contributed by atoms with E-state index in [0.717, 1.165) is 55.6 Å². The Morgan fingerprint density at radius 2 is 1.50 bits per heavy atom. The van der Waals surface area contributed by atoms with Crippen LogP contribution in [0.1, 0.15) is 30.9 Å². The van der Waals surface area contributed by atoms with Gasteiger partial charge in [0.2, 0.25) is 0 Å². The van der Waals surface area contributed by atoms with Gasteiger partial charge in [0.1, 0.15) is 5.58 Å². The molecule has 0 fully saturated rings. The second-order valence-electron chi connectivity index (χ2n) is 12.8. The van der Waals surface area contributed by atoms with Gasteiger partial charge in [0.05, 0.1) is 13.7 Å². The van der Waals surface area contributed by atoms with Crippen LogP contribution in [0.25, 0.3) is 55.6 Å². The summed E-state index contributed by atoms with van der Waals surface area (Å²) in [6.45, 7) is 13.8. The molecule has 0 N–H and O–H groups in total. The van der Waals surface area contributed by atoms with E-state index in [0.29, 0.717) is 5.92 Å². The molecule has 0 amide bonds. The number of para-hydroxylation sites is 1. The predicted octanol–water partition coefficient (Wildman–Crippen LogP) is 10.6. The second-order valence-corrected chi connectivity index (χ2v) is 17.8. The van der Waals surface area contributed by atoms with Gasteiger partial charge in [0, 0.05) is 43.4 Å². The van der Waals surface area contributed by atoms with Crippen LogP contribution in [0.15, 0.2) is 120 Å². The molecular weight excluding hydrogens is 757 g/mol. The van der Waals surface area contributed by atoms with Crippen molar-refractivity contribution in [1.29, 1.82) is 0 Å². The van der Waals surface area contributed by atoms with Crippen molar-refractivity contribution in [2.75, 3.05) is 0 Å². The van der Waals surface area contributed by atoms with Gasteiger partial charge in [-0.1, -0.05) is 124 Å². The maximum Gasteiger partial charge on any atom is 0.128 e. The molecule has 3 heterocycles. The molecule has 0 unspecified atom stereocenters. The summed E-state index contributed by atoms with van der Waals surface area (Å²) in [6, 6.07) is 41.6. The normalized spacial score (nSPS) is 11.3. The molecule has 0 aliphatic carbocycles. The Bertz CT molecular complexity index is 1970. The van der Waals surface area contributed by atoms with Crippen LogP contribution in [0, 0.1) is 19.1 Å². The summed E-state index contributed by atoms with van der Waals surface area (Å²) in [5, 5.41) is 3.68. The van der Waals surface area contributed by atoms with Gasteiger partial charge in [-0.2, -0.15) is 0 Å². The zero-order valence-corrected chi connectivity index (χ0v) is 30.6. The predicted molar refractivity (Wildman–Crippen MR) is 192 cm³/mol. The number of hydrogen-bond acceptors (Lipinski definition) is 3. The van der Waals surface area contributed by atoms with Crippen molar-refractivity contribution in [1.82, 2.24) is 9.97 Å². The minimum Gasteiger partial charge on any atom is -0.500 e. The second kappa shape index (κ2) is 14.1. The number of pyridine rings is 2. The Morgan fingerprint density at radius 1 is 0.739 bits per heavy atom. The van der Waals surface area contributed by atoms with E-state index in [1.54, 1.807) is 6.20 Å². The number of nitrogens with zero attached hydrogens (tertiary/aromatic N) is 2. The number of aryl methyl sites for hydroxylation is 1. The summed E-state index contributed by atoms with van der Waals surface area (Å²) in [7, 11) is -1.35. The molecular formula is C41H38IrN2OSi-2. The molecule has 0 bridgehead atoms. The number of furan rings is 1. The Balaban J connectivity index is 0.000000182. The van der Waals surface area contributed by atoms with Crippen molar-refractivity contribution in [3.8, 4) is 33.6 Å². The molecule has 0 spiro atoms. The van der Waals surface area contributed by atoms with E-state index >= 15 is 0 Å². The number of hydrogen-bond donors (Lipinski definition) is 0. The maximum atomic E-state index is 6.35. The van der Waals surface area contributed by atoms with E-state index in [1.165, 1.54) is 16.3 Å². The average Bonchev–Trinajstić information content (AvgIpc) is 3.45. The van der Waals surface area contributed by atoms with E-state index in [1.807, 2.05) is 48.5 Å². The van der Waals surface area contributed by atoms with Crippen LogP contribution in [0.5, 0.6) is 0 Å². The Labute approximate surface area is 287 Å². The van der Waals surface area contributed by atoms with Crippen LogP contribution in [-0.2, 0) is 20.1 Å². The van der Waals surface area contributed by atoms with Crippen LogP contribution in [0.3, 0.4) is 0 Å². The molecule has 7 rings (SSSR count). The van der Waals surface area contributed by atoms with E-state index < -0.39 is 8.07 Å². The number of benzene rings is 4. The van der Waals surface area contributed by atoms with E-state index in [9.17, 15) is 0 Å². The first-order chi connectivity index (χ1) is 21.7. The fraction of sp³-hybridized carbons (Fsp3) is 0.171. The monoisotopic (exact) mass is 795 g/mol. The summed E-state index contributed by atoms with van der Waals surface area (Å²) in [5.41, 5.74) is 10.5. The zero-order chi connectivity index (χ0) is 31.6. The van der Waals surface area contributed by atoms with Crippen molar-refractivity contribution in [3.63, 3.8) is 0 Å². The first-order valence-corrected chi connectivity index (χ1v) is 19.0. The van der Waals surface area contributed by atoms with Crippen molar-refractivity contribution in [2.24, 2.45) is 0 Å². The van der Waals surface area contributed by atoms with E-state index in [-0.39, 0.29) is 20.1 Å². The van der Waals surface area contributed by atoms with Crippen molar-refractivity contribution in [3.05, 3.63) is 139 Å². The molecule has 5 heteroatoms. The Morgan fingerprint density at radius 3 is 2.17 bits per heavy atom. The molecule has 0 atom stereocenters. The summed E-state index contributed by atoms with van der Waals surface area (Å²) >= 11 is 0. The Kier molecular flexibility index (Phi) is 10.2. The van der Waals surface area contributed by atoms with E-state index in [2.05, 4.69) is 118 Å². The summed E-state index contributed by atoms with van der Waals surface area (Å²) in [6.07, 6.45) is 3.89. The van der Waals surface area contributed by atoms with Gasteiger partial charge in [-0.25, -0.2) is 0 Å². The number of fused-ring (bicyclic) bond motifs is 3. The van der Waals surface area contributed by atoms with Crippen LogP contribution in [-0.4, -0.2) is 18.0 Å². The van der Waals surface area contributed by atoms with Gasteiger partial charge in [0.25, 0.3) is 0 Å². The third-order valence-electron chi connectivity index (χ3n) is 8.07. The molecule has 0 aliphatic rings. The molecule has 0 saturated heterocycles. The first kappa shape index (κ1) is 33.2. The van der Waals surface area contributed by atoms with Crippen molar-refractivity contribution in [2.45, 2.75) is 46.3 Å². The van der Waals surface area contributed by atoms with Gasteiger partial charge in [-0.15, -0.1) is 53.6 Å². The van der Waals surface area contributed by atoms with Crippen molar-refractivity contribution >= 4 is 35.2 Å². The summed E-state index contributed by atoms with van der Waals surface area (Å²) in [5.74, 6) is 0.531. The fourth-order valence-electron chi connectivity index (χ4n) is 5.69. The minimum atomic E-state index is -1.35. The smallest absolute Gasteiger partial charge is 0.128 e. The topological polar surface area (TPSA) is 38.9 Å². The first-order valence-electron chi connectivity index (χ1n) is 15.5. The molecule has 0 saturated carbocycles. The van der Waals surface area contributed by atoms with Gasteiger partial charge < -0.3 is 14.4 Å². The molecule has 46 heavy (non-hydrogen) atoms. The van der Waals surface area contributed by atoms with Crippen LogP contribution in [0.2, 0.25) is 19.6 Å².